The number of aliphatic imine (C=N–C) groups is 1. The van der Waals surface area contributed by atoms with Crippen LogP contribution in [0, 0.1) is 6.92 Å². The molecule has 12 heavy (non-hydrogen) atoms. The van der Waals surface area contributed by atoms with Gasteiger partial charge >= 0.3 is 0 Å². The normalized spacial score (nSPS) is 10.6. The van der Waals surface area contributed by atoms with Crippen LogP contribution in [0.4, 0.5) is 5.82 Å². The van der Waals surface area contributed by atoms with Crippen molar-refractivity contribution in [2.24, 2.45) is 4.99 Å². The quantitative estimate of drug-likeness (QED) is 0.462. The molecule has 2 N–H and O–H groups in total. The largest absolute Gasteiger partial charge is 0.290 e. The van der Waals surface area contributed by atoms with E-state index in [4.69, 9.17) is 5.21 Å². The molecule has 0 fully saturated rings. The van der Waals surface area contributed by atoms with Gasteiger partial charge in [-0.3, -0.25) is 10.7 Å². The van der Waals surface area contributed by atoms with Crippen molar-refractivity contribution in [3.63, 3.8) is 0 Å². The first-order chi connectivity index (χ1) is 5.74. The van der Waals surface area contributed by atoms with Crippen molar-refractivity contribution in [3.05, 3.63) is 22.3 Å². The molecule has 1 rings (SSSR count). The molecular weight excluding hydrogens is 222 g/mol. The van der Waals surface area contributed by atoms with Crippen molar-refractivity contribution >= 4 is 28.1 Å². The highest BCUT2D eigenvalue weighted by Gasteiger charge is 1.96. The van der Waals surface area contributed by atoms with E-state index in [9.17, 15) is 0 Å². The molecule has 0 aromatic carbocycles. The number of pyridine rings is 1. The summed E-state index contributed by atoms with van der Waals surface area (Å²) in [6.07, 6.45) is 2.82. The van der Waals surface area contributed by atoms with Gasteiger partial charge in [0.05, 0.1) is 0 Å². The SMILES string of the molecule is Cc1cc(Br)cnc1N=CNO. The van der Waals surface area contributed by atoms with Gasteiger partial charge in [-0.05, 0) is 34.5 Å². The Labute approximate surface area is 78.4 Å². The molecule has 1 aromatic rings. The number of rotatable bonds is 2. The minimum atomic E-state index is 0.583. The summed E-state index contributed by atoms with van der Waals surface area (Å²) in [5.41, 5.74) is 2.76. The van der Waals surface area contributed by atoms with Crippen LogP contribution in [-0.4, -0.2) is 16.5 Å². The summed E-state index contributed by atoms with van der Waals surface area (Å²) >= 11 is 3.29. The molecule has 0 unspecified atom stereocenters. The summed E-state index contributed by atoms with van der Waals surface area (Å²) < 4.78 is 0.913. The maximum atomic E-state index is 8.24. The summed E-state index contributed by atoms with van der Waals surface area (Å²) in [7, 11) is 0. The zero-order valence-electron chi connectivity index (χ0n) is 6.45. The Morgan fingerprint density at radius 3 is 3.08 bits per heavy atom. The lowest BCUT2D eigenvalue weighted by Gasteiger charge is -1.97. The lowest BCUT2D eigenvalue weighted by Crippen LogP contribution is -2.01. The smallest absolute Gasteiger partial charge is 0.156 e. The lowest BCUT2D eigenvalue weighted by molar-refractivity contribution is 0.240. The van der Waals surface area contributed by atoms with Crippen LogP contribution in [0.1, 0.15) is 5.56 Å². The topological polar surface area (TPSA) is 57.5 Å². The fraction of sp³-hybridized carbons (Fsp3) is 0.143. The third-order valence-corrected chi connectivity index (χ3v) is 1.70. The van der Waals surface area contributed by atoms with Crippen LogP contribution in [-0.2, 0) is 0 Å². The van der Waals surface area contributed by atoms with Gasteiger partial charge in [0.1, 0.15) is 6.34 Å². The molecule has 0 aliphatic carbocycles. The van der Waals surface area contributed by atoms with Gasteiger partial charge in [0.2, 0.25) is 0 Å². The van der Waals surface area contributed by atoms with Crippen molar-refractivity contribution in [3.8, 4) is 0 Å². The van der Waals surface area contributed by atoms with E-state index in [1.165, 1.54) is 6.34 Å². The molecule has 0 aliphatic heterocycles. The predicted octanol–water partition coefficient (Wildman–Crippen LogP) is 1.79. The van der Waals surface area contributed by atoms with Crippen LogP contribution in [0.2, 0.25) is 0 Å². The van der Waals surface area contributed by atoms with E-state index in [1.807, 2.05) is 18.5 Å². The second-order valence-corrected chi connectivity index (χ2v) is 3.10. The van der Waals surface area contributed by atoms with Crippen LogP contribution in [0.25, 0.3) is 0 Å². The van der Waals surface area contributed by atoms with Crippen molar-refractivity contribution < 1.29 is 5.21 Å². The molecule has 0 amide bonds. The molecule has 0 saturated carbocycles. The fourth-order valence-electron chi connectivity index (χ4n) is 0.758. The molecule has 5 heteroatoms. The molecule has 1 heterocycles. The summed E-state index contributed by atoms with van der Waals surface area (Å²) in [6, 6.07) is 1.90. The third kappa shape index (κ3) is 2.28. The van der Waals surface area contributed by atoms with Gasteiger partial charge in [0.15, 0.2) is 5.82 Å². The maximum absolute atomic E-state index is 8.24. The lowest BCUT2D eigenvalue weighted by atomic mass is 10.3. The van der Waals surface area contributed by atoms with Gasteiger partial charge in [0, 0.05) is 10.7 Å². The summed E-state index contributed by atoms with van der Waals surface area (Å²) in [6.45, 7) is 1.89. The van der Waals surface area contributed by atoms with Crippen LogP contribution in [0.5, 0.6) is 0 Å². The number of halogens is 1. The van der Waals surface area contributed by atoms with Crippen molar-refractivity contribution in [2.45, 2.75) is 6.92 Å². The minimum absolute atomic E-state index is 0.583. The van der Waals surface area contributed by atoms with Gasteiger partial charge in [0.25, 0.3) is 0 Å². The minimum Gasteiger partial charge on any atom is -0.290 e. The van der Waals surface area contributed by atoms with Gasteiger partial charge in [-0.1, -0.05) is 0 Å². The van der Waals surface area contributed by atoms with Gasteiger partial charge in [-0.25, -0.2) is 9.98 Å². The van der Waals surface area contributed by atoms with Crippen LogP contribution >= 0.6 is 15.9 Å². The monoisotopic (exact) mass is 229 g/mol. The Morgan fingerprint density at radius 1 is 1.75 bits per heavy atom. The number of hydroxylamine groups is 1. The number of nitrogens with zero attached hydrogens (tertiary/aromatic N) is 2. The number of nitrogens with one attached hydrogen (secondary N) is 1. The van der Waals surface area contributed by atoms with E-state index in [0.717, 1.165) is 10.0 Å². The van der Waals surface area contributed by atoms with Gasteiger partial charge in [-0.15, -0.1) is 0 Å². The molecule has 0 bridgehead atoms. The molecule has 4 nitrogen and oxygen atoms in total. The maximum Gasteiger partial charge on any atom is 0.156 e. The Bertz CT molecular complexity index is 301. The van der Waals surface area contributed by atoms with Crippen LogP contribution in [0.3, 0.4) is 0 Å². The number of hydrogen-bond donors (Lipinski definition) is 2. The number of aromatic nitrogens is 1. The summed E-state index contributed by atoms with van der Waals surface area (Å²) in [4.78, 5) is 7.87. The van der Waals surface area contributed by atoms with Crippen molar-refractivity contribution in [1.29, 1.82) is 0 Å². The second-order valence-electron chi connectivity index (χ2n) is 2.18. The molecule has 64 valence electrons. The first-order valence-electron chi connectivity index (χ1n) is 3.28. The van der Waals surface area contributed by atoms with E-state index < -0.39 is 0 Å². The van der Waals surface area contributed by atoms with Gasteiger partial charge in [-0.2, -0.15) is 0 Å². The highest BCUT2D eigenvalue weighted by molar-refractivity contribution is 9.10. The van der Waals surface area contributed by atoms with Gasteiger partial charge < -0.3 is 0 Å². The van der Waals surface area contributed by atoms with E-state index >= 15 is 0 Å². The van der Waals surface area contributed by atoms with Crippen molar-refractivity contribution in [2.75, 3.05) is 0 Å². The van der Waals surface area contributed by atoms with E-state index in [1.54, 1.807) is 6.20 Å². The highest BCUT2D eigenvalue weighted by Crippen LogP contribution is 2.18. The average Bonchev–Trinajstić information content (AvgIpc) is 2.03. The summed E-state index contributed by atoms with van der Waals surface area (Å²) in [5, 5.41) is 8.24. The Balaban J connectivity index is 2.94. The van der Waals surface area contributed by atoms with E-state index in [0.29, 0.717) is 5.82 Å². The first kappa shape index (κ1) is 9.15. The fourth-order valence-corrected chi connectivity index (χ4v) is 1.20. The Kier molecular flexibility index (Phi) is 3.19. The molecule has 1 aromatic heterocycles. The van der Waals surface area contributed by atoms with E-state index in [2.05, 4.69) is 25.9 Å². The van der Waals surface area contributed by atoms with E-state index in [-0.39, 0.29) is 0 Å². The number of aryl methyl sites for hydroxylation is 1. The van der Waals surface area contributed by atoms with Crippen LogP contribution in [0.15, 0.2) is 21.7 Å². The standard InChI is InChI=1S/C7H8BrN3O/c1-5-2-6(8)3-9-7(5)10-4-11-12/h2-4,12H,1H3,(H,9,10,11). The molecule has 0 spiro atoms. The molecular formula is C7H8BrN3O. The summed E-state index contributed by atoms with van der Waals surface area (Å²) in [5.74, 6) is 0.583. The Hall–Kier alpha value is -0.940. The zero-order valence-corrected chi connectivity index (χ0v) is 8.04. The molecule has 0 radical (unpaired) electrons. The van der Waals surface area contributed by atoms with Crippen LogP contribution < -0.4 is 5.48 Å². The number of hydrogen-bond acceptors (Lipinski definition) is 3. The van der Waals surface area contributed by atoms with Crippen molar-refractivity contribution in [1.82, 2.24) is 10.5 Å². The Morgan fingerprint density at radius 2 is 2.50 bits per heavy atom. The molecule has 0 saturated heterocycles. The average molecular weight is 230 g/mol. The molecule has 0 atom stereocenters. The second kappa shape index (κ2) is 4.18. The third-order valence-electron chi connectivity index (χ3n) is 1.26. The predicted molar refractivity (Wildman–Crippen MR) is 49.7 cm³/mol. The zero-order chi connectivity index (χ0) is 8.97. The molecule has 0 aliphatic rings. The highest BCUT2D eigenvalue weighted by atomic mass is 79.9. The first-order valence-corrected chi connectivity index (χ1v) is 4.07.